The van der Waals surface area contributed by atoms with E-state index in [9.17, 15) is 15.3 Å². The molecule has 1 unspecified atom stereocenters. The summed E-state index contributed by atoms with van der Waals surface area (Å²) >= 11 is 2.09. The van der Waals surface area contributed by atoms with Gasteiger partial charge in [-0.25, -0.2) is 0 Å². The van der Waals surface area contributed by atoms with Gasteiger partial charge in [-0.2, -0.15) is 0 Å². The maximum atomic E-state index is 11.3. The van der Waals surface area contributed by atoms with E-state index >= 15 is 0 Å². The summed E-state index contributed by atoms with van der Waals surface area (Å²) in [6.45, 7) is 13.1. The number of phenols is 1. The lowest BCUT2D eigenvalue weighted by Crippen LogP contribution is -2.66. The van der Waals surface area contributed by atoms with E-state index in [0.29, 0.717) is 33.3 Å². The molecule has 3 aromatic carbocycles. The normalized spacial score (nSPS) is 13.6. The number of aromatic hydroxyl groups is 1. The fourth-order valence-electron chi connectivity index (χ4n) is 5.55. The Labute approximate surface area is 271 Å². The first-order chi connectivity index (χ1) is 20.5. The molecule has 0 heterocycles. The summed E-state index contributed by atoms with van der Waals surface area (Å²) < 4.78 is 13.1. The molecule has 5 nitrogen and oxygen atoms in total. The fraction of sp³-hybridized carbons (Fsp3) is 0.333. The zero-order valence-electron chi connectivity index (χ0n) is 25.9. The van der Waals surface area contributed by atoms with Gasteiger partial charge in [0.15, 0.2) is 11.5 Å². The second-order valence-corrected chi connectivity index (χ2v) is 17.1. The summed E-state index contributed by atoms with van der Waals surface area (Å²) in [5.41, 5.74) is 3.35. The predicted octanol–water partition coefficient (Wildman–Crippen LogP) is 6.99. The molecule has 3 rings (SSSR count). The molecule has 0 fully saturated rings. The van der Waals surface area contributed by atoms with E-state index in [-0.39, 0.29) is 24.0 Å². The van der Waals surface area contributed by atoms with Crippen LogP contribution >= 0.6 is 22.6 Å². The molecule has 0 aromatic heterocycles. The number of rotatable bonds is 14. The number of aliphatic hydroxyl groups excluding tert-OH is 2. The predicted molar refractivity (Wildman–Crippen MR) is 189 cm³/mol. The number of allylic oxidation sites excluding steroid dienone is 1. The highest BCUT2D eigenvalue weighted by atomic mass is 127. The van der Waals surface area contributed by atoms with E-state index in [1.54, 1.807) is 6.08 Å². The smallest absolute Gasteiger partial charge is 0.261 e. The average Bonchev–Trinajstić information content (AvgIpc) is 3.00. The molecule has 7 heteroatoms. The first kappa shape index (κ1) is 34.8. The Morgan fingerprint density at radius 3 is 2.09 bits per heavy atom. The van der Waals surface area contributed by atoms with Crippen molar-refractivity contribution in [1.82, 2.24) is 0 Å². The lowest BCUT2D eigenvalue weighted by Gasteiger charge is -2.43. The summed E-state index contributed by atoms with van der Waals surface area (Å²) in [6, 6.07) is 24.6. The molecule has 0 saturated heterocycles. The van der Waals surface area contributed by atoms with E-state index in [0.717, 1.165) is 17.6 Å². The van der Waals surface area contributed by atoms with Crippen LogP contribution in [0.4, 0.5) is 0 Å². The third-order valence-corrected chi connectivity index (χ3v) is 13.6. The van der Waals surface area contributed by atoms with Crippen molar-refractivity contribution < 1.29 is 24.5 Å². The van der Waals surface area contributed by atoms with Gasteiger partial charge in [0.05, 0.1) is 30.0 Å². The zero-order chi connectivity index (χ0) is 31.6. The Morgan fingerprint density at radius 1 is 1.02 bits per heavy atom. The summed E-state index contributed by atoms with van der Waals surface area (Å²) in [4.78, 5) is 0. The molecule has 43 heavy (non-hydrogen) atoms. The van der Waals surface area contributed by atoms with Crippen molar-refractivity contribution in [3.05, 3.63) is 111 Å². The third-order valence-electron chi connectivity index (χ3n) is 7.79. The molecule has 0 aliphatic carbocycles. The maximum Gasteiger partial charge on any atom is 0.261 e. The van der Waals surface area contributed by atoms with Crippen molar-refractivity contribution in [3.8, 4) is 11.5 Å². The first-order valence-electron chi connectivity index (χ1n) is 14.7. The van der Waals surface area contributed by atoms with Crippen molar-refractivity contribution in [2.75, 3.05) is 20.3 Å². The van der Waals surface area contributed by atoms with Crippen LogP contribution in [-0.4, -0.2) is 50.1 Å². The van der Waals surface area contributed by atoms with Crippen molar-refractivity contribution in [2.24, 2.45) is 0 Å². The van der Waals surface area contributed by atoms with Crippen molar-refractivity contribution >= 4 is 47.4 Å². The average molecular weight is 713 g/mol. The molecule has 0 bridgehead atoms. The minimum absolute atomic E-state index is 0.131. The summed E-state index contributed by atoms with van der Waals surface area (Å²) in [6.07, 6.45) is 4.84. The second kappa shape index (κ2) is 15.9. The van der Waals surface area contributed by atoms with Crippen LogP contribution in [0.2, 0.25) is 5.04 Å². The van der Waals surface area contributed by atoms with E-state index in [2.05, 4.69) is 111 Å². The van der Waals surface area contributed by atoms with Gasteiger partial charge in [0.25, 0.3) is 8.32 Å². The first-order valence-corrected chi connectivity index (χ1v) is 17.6. The number of ether oxygens (including phenoxy) is 1. The summed E-state index contributed by atoms with van der Waals surface area (Å²) in [5.74, 6) is 0.560. The summed E-state index contributed by atoms with van der Waals surface area (Å²) in [5, 5.41) is 33.6. The van der Waals surface area contributed by atoms with Crippen LogP contribution in [-0.2, 0) is 4.43 Å². The molecular weight excluding hydrogens is 667 g/mol. The van der Waals surface area contributed by atoms with Crippen molar-refractivity contribution in [1.29, 1.82) is 0 Å². The van der Waals surface area contributed by atoms with E-state index in [4.69, 9.17) is 9.16 Å². The van der Waals surface area contributed by atoms with Gasteiger partial charge in [0, 0.05) is 0 Å². The third kappa shape index (κ3) is 8.48. The SMILES string of the molecule is C=C(CO[Si](c1ccccc1)(c1ccccc1)C(C)(C)C)/C(=C/CO)C(O)CC/C(=C/c1cc(I)c(O)c(OC)c1)CC. The Balaban J connectivity index is 1.84. The highest BCUT2D eigenvalue weighted by molar-refractivity contribution is 14.1. The highest BCUT2D eigenvalue weighted by Gasteiger charge is 2.50. The Kier molecular flexibility index (Phi) is 12.8. The van der Waals surface area contributed by atoms with Crippen LogP contribution in [0.5, 0.6) is 11.5 Å². The van der Waals surface area contributed by atoms with Gasteiger partial charge >= 0.3 is 0 Å². The number of halogens is 1. The molecule has 1 atom stereocenters. The monoisotopic (exact) mass is 712 g/mol. The van der Waals surface area contributed by atoms with E-state index in [1.807, 2.05) is 24.3 Å². The fourth-order valence-corrected chi connectivity index (χ4v) is 10.7. The molecule has 0 radical (unpaired) electrons. The number of hydrogen-bond donors (Lipinski definition) is 3. The standard InChI is InChI=1S/C36H45IO5Si/c1-7-27(22-28-23-32(37)35(40)34(24-28)41-6)18-19-33(39)31(20-21-38)26(2)25-42-43(36(3,4)5,29-14-10-8-11-15-29)30-16-12-9-13-17-30/h8-17,20,22-24,33,38-40H,2,7,18-19,21,25H2,1,3-6H3/b27-22+,31-20-. The Hall–Kier alpha value is -2.69. The van der Waals surface area contributed by atoms with Crippen molar-refractivity contribution in [3.63, 3.8) is 0 Å². The maximum absolute atomic E-state index is 11.3. The number of phenolic OH excluding ortho intramolecular Hbond substituents is 1. The van der Waals surface area contributed by atoms with Gasteiger partial charge in [-0.1, -0.05) is 113 Å². The molecule has 3 N–H and O–H groups in total. The highest BCUT2D eigenvalue weighted by Crippen LogP contribution is 2.38. The largest absolute Gasteiger partial charge is 0.504 e. The van der Waals surface area contributed by atoms with Gasteiger partial charge in [-0.05, 0) is 86.1 Å². The van der Waals surface area contributed by atoms with Crippen LogP contribution in [0.25, 0.3) is 6.08 Å². The zero-order valence-corrected chi connectivity index (χ0v) is 29.1. The lowest BCUT2D eigenvalue weighted by atomic mass is 9.95. The molecule has 0 aliphatic heterocycles. The topological polar surface area (TPSA) is 79.2 Å². The molecule has 0 spiro atoms. The van der Waals surface area contributed by atoms with Gasteiger partial charge < -0.3 is 24.5 Å². The number of methoxy groups -OCH3 is 1. The summed E-state index contributed by atoms with van der Waals surface area (Å²) in [7, 11) is -1.25. The van der Waals surface area contributed by atoms with Gasteiger partial charge in [0.1, 0.15) is 0 Å². The Morgan fingerprint density at radius 2 is 1.60 bits per heavy atom. The minimum atomic E-state index is -2.79. The van der Waals surface area contributed by atoms with Crippen LogP contribution in [0.15, 0.2) is 102 Å². The van der Waals surface area contributed by atoms with Crippen LogP contribution in [0.1, 0.15) is 52.5 Å². The van der Waals surface area contributed by atoms with E-state index in [1.165, 1.54) is 17.5 Å². The molecule has 0 aliphatic rings. The molecular formula is C36H45IO5Si. The number of hydrogen-bond acceptors (Lipinski definition) is 5. The van der Waals surface area contributed by atoms with Crippen molar-refractivity contribution in [2.45, 2.75) is 58.1 Å². The number of aliphatic hydroxyl groups is 2. The lowest BCUT2D eigenvalue weighted by molar-refractivity contribution is 0.198. The van der Waals surface area contributed by atoms with Crippen LogP contribution < -0.4 is 15.1 Å². The molecule has 0 saturated carbocycles. The Bertz CT molecular complexity index is 1370. The minimum Gasteiger partial charge on any atom is -0.504 e. The quantitative estimate of drug-likeness (QED) is 0.0955. The second-order valence-electron chi connectivity index (χ2n) is 11.7. The van der Waals surface area contributed by atoms with Crippen LogP contribution in [0, 0.1) is 3.57 Å². The van der Waals surface area contributed by atoms with Crippen LogP contribution in [0.3, 0.4) is 0 Å². The number of benzene rings is 3. The molecule has 230 valence electrons. The molecule has 3 aromatic rings. The molecule has 0 amide bonds. The van der Waals surface area contributed by atoms with Gasteiger partial charge in [-0.3, -0.25) is 0 Å². The van der Waals surface area contributed by atoms with Gasteiger partial charge in [-0.15, -0.1) is 0 Å². The van der Waals surface area contributed by atoms with Gasteiger partial charge in [0.2, 0.25) is 0 Å². The van der Waals surface area contributed by atoms with E-state index < -0.39 is 14.4 Å².